The molecule has 22 nitrogen and oxygen atoms in total. The SMILES string of the molecule is C[C@@H]1O[C@@H](Oc2c(-c3ccc(O)cc3)oc3cc(O[C@@H]4O[C@H](COC(=O)/C=C/c5ccc(O)cc5)[C@@H](O)[C@H](O)[C@@H]4O)cc(O)c3c2=O)[C@@H](O[C@@H]2O[C@@H](CO)[C@@H](O)[C@H](O)[C@H]2O)[C@H](O)[C@H]1O. The van der Waals surface area contributed by atoms with Gasteiger partial charge in [-0.25, -0.2) is 4.79 Å². The molecular weight excluding hydrogens is 856 g/mol. The first-order valence-electron chi connectivity index (χ1n) is 19.7. The molecule has 3 aliphatic rings. The van der Waals surface area contributed by atoms with Crippen LogP contribution in [0.4, 0.5) is 0 Å². The Kier molecular flexibility index (Phi) is 14.1. The fourth-order valence-corrected chi connectivity index (χ4v) is 7.18. The van der Waals surface area contributed by atoms with E-state index in [2.05, 4.69) is 0 Å². The van der Waals surface area contributed by atoms with Gasteiger partial charge in [0, 0.05) is 23.8 Å². The molecule has 1 aromatic heterocycles. The van der Waals surface area contributed by atoms with Gasteiger partial charge in [-0.05, 0) is 55.0 Å². The summed E-state index contributed by atoms with van der Waals surface area (Å²) < 4.78 is 45.7. The number of phenols is 3. The highest BCUT2D eigenvalue weighted by Gasteiger charge is 2.51. The minimum atomic E-state index is -1.96. The van der Waals surface area contributed by atoms with E-state index in [1.807, 2.05) is 0 Å². The molecule has 22 heteroatoms. The summed E-state index contributed by atoms with van der Waals surface area (Å²) in [5.41, 5.74) is -0.779. The molecule has 0 bridgehead atoms. The van der Waals surface area contributed by atoms with Crippen molar-refractivity contribution in [3.63, 3.8) is 0 Å². The molecule has 7 rings (SSSR count). The number of hydrogen-bond donors (Lipinski definition) is 12. The second kappa shape index (κ2) is 19.3. The van der Waals surface area contributed by atoms with Crippen molar-refractivity contribution in [1.29, 1.82) is 0 Å². The van der Waals surface area contributed by atoms with Gasteiger partial charge in [-0.2, -0.15) is 0 Å². The second-order valence-corrected chi connectivity index (χ2v) is 15.2. The normalized spacial score (nSPS) is 33.2. The molecule has 0 amide bonds. The molecule has 0 aliphatic carbocycles. The van der Waals surface area contributed by atoms with Crippen molar-refractivity contribution >= 4 is 23.0 Å². The lowest BCUT2D eigenvalue weighted by molar-refractivity contribution is -0.355. The number of benzene rings is 3. The van der Waals surface area contributed by atoms with Crippen LogP contribution in [0.1, 0.15) is 12.5 Å². The van der Waals surface area contributed by atoms with Gasteiger partial charge in [0.2, 0.25) is 23.8 Å². The molecule has 12 N–H and O–H groups in total. The van der Waals surface area contributed by atoms with Crippen LogP contribution in [0.15, 0.2) is 76.0 Å². The average molecular weight is 903 g/mol. The van der Waals surface area contributed by atoms with Crippen LogP contribution in [0.5, 0.6) is 28.7 Å². The summed E-state index contributed by atoms with van der Waals surface area (Å²) in [4.78, 5) is 26.8. The zero-order valence-corrected chi connectivity index (χ0v) is 33.5. The first kappa shape index (κ1) is 46.5. The van der Waals surface area contributed by atoms with E-state index in [4.69, 9.17) is 37.6 Å². The number of carbonyl (C=O) groups is 1. The fourth-order valence-electron chi connectivity index (χ4n) is 7.18. The Morgan fingerprint density at radius 3 is 1.95 bits per heavy atom. The van der Waals surface area contributed by atoms with Crippen LogP contribution in [0.2, 0.25) is 0 Å². The van der Waals surface area contributed by atoms with Crippen LogP contribution in [-0.4, -0.2) is 173 Å². The molecule has 0 spiro atoms. The molecule has 0 radical (unpaired) electrons. The predicted octanol–water partition coefficient (Wildman–Crippen LogP) is -1.95. The summed E-state index contributed by atoms with van der Waals surface area (Å²) in [6, 6.07) is 13.1. The van der Waals surface area contributed by atoms with Gasteiger partial charge in [0.15, 0.2) is 18.2 Å². The van der Waals surface area contributed by atoms with E-state index in [1.165, 1.54) is 49.4 Å². The zero-order chi connectivity index (χ0) is 46.1. The molecule has 3 aromatic carbocycles. The lowest BCUT2D eigenvalue weighted by atomic mass is 9.97. The smallest absolute Gasteiger partial charge is 0.330 e. The van der Waals surface area contributed by atoms with Crippen LogP contribution in [0, 0.1) is 0 Å². The number of phenolic OH excluding ortho intramolecular Hbond substituents is 3. The standard InChI is InChI=1S/C42H46O22/c1-16-28(48)34(54)39(64-41-36(56)32(52)29(49)24(14-43)61-41)42(58-16)63-38-31(51)27-22(46)12-21(13-23(27)60-37(38)18-5-9-20(45)10-6-18)59-40-35(55)33(53)30(50)25(62-40)15-57-26(47)11-4-17-2-7-19(44)8-3-17/h2-13,16,24-25,28-30,32-36,39-46,48-50,52-56H,14-15H2,1H3/b11-4+/t16-,24-,25+,28-,29+,30+,32-,33-,34+,35-,36+,39-,40+,41-,42-/m0/s1. The number of esters is 1. The van der Waals surface area contributed by atoms with Crippen molar-refractivity contribution in [1.82, 2.24) is 0 Å². The van der Waals surface area contributed by atoms with Crippen LogP contribution >= 0.6 is 0 Å². The maximum Gasteiger partial charge on any atom is 0.330 e. The number of ether oxygens (including phenoxy) is 7. The van der Waals surface area contributed by atoms with Gasteiger partial charge in [0.25, 0.3) is 0 Å². The van der Waals surface area contributed by atoms with E-state index < -0.39 is 134 Å². The van der Waals surface area contributed by atoms with Gasteiger partial charge in [-0.3, -0.25) is 4.79 Å². The van der Waals surface area contributed by atoms with Crippen molar-refractivity contribution in [2.75, 3.05) is 13.2 Å². The van der Waals surface area contributed by atoms with E-state index in [0.717, 1.165) is 18.2 Å². The van der Waals surface area contributed by atoms with Crippen molar-refractivity contribution in [3.8, 4) is 40.1 Å². The third-order valence-electron chi connectivity index (χ3n) is 10.8. The molecule has 64 heavy (non-hydrogen) atoms. The van der Waals surface area contributed by atoms with Crippen molar-refractivity contribution < 1.29 is 104 Å². The lowest BCUT2D eigenvalue weighted by Crippen LogP contribution is -2.64. The summed E-state index contributed by atoms with van der Waals surface area (Å²) in [5.74, 6) is -3.17. The van der Waals surface area contributed by atoms with Gasteiger partial charge < -0.3 is 98.9 Å². The molecular formula is C42H46O22. The molecule has 346 valence electrons. The second-order valence-electron chi connectivity index (χ2n) is 15.2. The summed E-state index contributed by atoms with van der Waals surface area (Å²) in [7, 11) is 0. The van der Waals surface area contributed by atoms with Gasteiger partial charge in [0.1, 0.15) is 102 Å². The largest absolute Gasteiger partial charge is 0.508 e. The third-order valence-corrected chi connectivity index (χ3v) is 10.8. The average Bonchev–Trinajstić information content (AvgIpc) is 3.27. The highest BCUT2D eigenvalue weighted by Crippen LogP contribution is 2.39. The van der Waals surface area contributed by atoms with Gasteiger partial charge in [-0.15, -0.1) is 0 Å². The van der Waals surface area contributed by atoms with Crippen molar-refractivity contribution in [2.24, 2.45) is 0 Å². The Hall–Kier alpha value is -5.44. The van der Waals surface area contributed by atoms with Gasteiger partial charge in [0.05, 0.1) is 12.7 Å². The Labute approximate surface area is 361 Å². The Bertz CT molecular complexity index is 2330. The predicted molar refractivity (Wildman–Crippen MR) is 212 cm³/mol. The van der Waals surface area contributed by atoms with Crippen LogP contribution in [0.3, 0.4) is 0 Å². The number of hydrogen-bond acceptors (Lipinski definition) is 22. The highest BCUT2D eigenvalue weighted by atomic mass is 16.8. The molecule has 0 saturated carbocycles. The Morgan fingerprint density at radius 2 is 1.30 bits per heavy atom. The van der Waals surface area contributed by atoms with Crippen LogP contribution in [0.25, 0.3) is 28.4 Å². The number of fused-ring (bicyclic) bond motifs is 1. The number of carbonyl (C=O) groups excluding carboxylic acids is 1. The number of aliphatic hydroxyl groups excluding tert-OH is 9. The summed E-state index contributed by atoms with van der Waals surface area (Å²) in [6.07, 6.45) is -23.6. The van der Waals surface area contributed by atoms with Crippen LogP contribution in [-0.2, 0) is 28.5 Å². The molecule has 4 aromatic rings. The Morgan fingerprint density at radius 1 is 0.688 bits per heavy atom. The van der Waals surface area contributed by atoms with E-state index >= 15 is 0 Å². The number of aliphatic hydroxyl groups is 9. The molecule has 3 fully saturated rings. The summed E-state index contributed by atoms with van der Waals surface area (Å²) in [6.45, 7) is -0.0856. The first-order chi connectivity index (χ1) is 30.4. The summed E-state index contributed by atoms with van der Waals surface area (Å²) >= 11 is 0. The zero-order valence-electron chi connectivity index (χ0n) is 33.5. The van der Waals surface area contributed by atoms with E-state index in [0.29, 0.717) is 5.56 Å². The van der Waals surface area contributed by atoms with Gasteiger partial charge in [-0.1, -0.05) is 12.1 Å². The quantitative estimate of drug-likeness (QED) is 0.0543. The van der Waals surface area contributed by atoms with E-state index in [9.17, 15) is 70.9 Å². The Balaban J connectivity index is 1.17. The fraction of sp³-hybridized carbons (Fsp3) is 0.429. The summed E-state index contributed by atoms with van der Waals surface area (Å²) in [5, 5.41) is 125. The number of rotatable bonds is 12. The minimum Gasteiger partial charge on any atom is -0.508 e. The third kappa shape index (κ3) is 9.64. The molecule has 0 unspecified atom stereocenters. The molecule has 4 heterocycles. The maximum absolute atomic E-state index is 14.4. The highest BCUT2D eigenvalue weighted by molar-refractivity contribution is 5.88. The topological polar surface area (TPSA) is 355 Å². The monoisotopic (exact) mass is 902 g/mol. The number of aromatic hydroxyl groups is 3. The molecule has 15 atom stereocenters. The van der Waals surface area contributed by atoms with Crippen molar-refractivity contribution in [2.45, 2.75) is 99.0 Å². The first-order valence-corrected chi connectivity index (χ1v) is 19.7. The van der Waals surface area contributed by atoms with Gasteiger partial charge >= 0.3 is 5.97 Å². The molecule has 3 saturated heterocycles. The minimum absolute atomic E-state index is 0.0213. The van der Waals surface area contributed by atoms with E-state index in [-0.39, 0.29) is 34.2 Å². The van der Waals surface area contributed by atoms with E-state index in [1.54, 1.807) is 12.1 Å². The maximum atomic E-state index is 14.4. The lowest BCUT2D eigenvalue weighted by Gasteiger charge is -2.45. The van der Waals surface area contributed by atoms with Crippen molar-refractivity contribution in [3.05, 3.63) is 82.5 Å². The van der Waals surface area contributed by atoms with Crippen LogP contribution < -0.4 is 14.9 Å². The molecule has 3 aliphatic heterocycles.